The van der Waals surface area contributed by atoms with E-state index in [4.69, 9.17) is 12.2 Å². The Kier molecular flexibility index (Phi) is 3.41. The van der Waals surface area contributed by atoms with Crippen molar-refractivity contribution in [3.63, 3.8) is 0 Å². The van der Waals surface area contributed by atoms with Crippen LogP contribution in [-0.4, -0.2) is 34.1 Å². The van der Waals surface area contributed by atoms with Crippen LogP contribution >= 0.6 is 12.2 Å². The molecular weight excluding hydrogens is 261 g/mol. The Morgan fingerprint density at radius 3 is 3.11 bits per heavy atom. The summed E-state index contributed by atoms with van der Waals surface area (Å²) in [6, 6.07) is 5.50. The quantitative estimate of drug-likeness (QED) is 0.851. The number of likely N-dealkylation sites (N-methyl/N-ethyl adjacent to an activating group) is 1. The summed E-state index contributed by atoms with van der Waals surface area (Å²) in [5.41, 5.74) is 1.41. The minimum atomic E-state index is -0.231. The van der Waals surface area contributed by atoms with Crippen LogP contribution in [0.2, 0.25) is 0 Å². The summed E-state index contributed by atoms with van der Waals surface area (Å²) in [4.78, 5) is 5.43. The lowest BCUT2D eigenvalue weighted by atomic mass is 10.1. The van der Waals surface area contributed by atoms with Gasteiger partial charge in [0.2, 0.25) is 0 Å². The number of H-pyrrole nitrogens is 1. The van der Waals surface area contributed by atoms with Crippen LogP contribution in [0.4, 0.5) is 4.39 Å². The molecule has 0 bridgehead atoms. The first-order chi connectivity index (χ1) is 9.20. The monoisotopic (exact) mass is 279 g/mol. The van der Waals surface area contributed by atoms with Crippen LogP contribution in [0.3, 0.4) is 0 Å². The number of likely N-dealkylation sites (tertiary alicyclic amines) is 1. The fraction of sp³-hybridized carbons (Fsp3) is 0.500. The highest BCUT2D eigenvalue weighted by Crippen LogP contribution is 2.27. The van der Waals surface area contributed by atoms with Gasteiger partial charge in [0.05, 0.1) is 5.52 Å². The fourth-order valence-electron chi connectivity index (χ4n) is 3.01. The van der Waals surface area contributed by atoms with Crippen LogP contribution in [-0.2, 0) is 0 Å². The number of para-hydroxylation sites is 1. The molecule has 3 nitrogen and oxygen atoms in total. The van der Waals surface area contributed by atoms with E-state index in [9.17, 15) is 4.39 Å². The van der Waals surface area contributed by atoms with Crippen LogP contribution in [0.1, 0.15) is 25.8 Å². The van der Waals surface area contributed by atoms with Crippen molar-refractivity contribution in [3.8, 4) is 0 Å². The molecule has 0 saturated carbocycles. The van der Waals surface area contributed by atoms with E-state index in [2.05, 4.69) is 21.4 Å². The van der Waals surface area contributed by atoms with Crippen LogP contribution in [0.15, 0.2) is 18.2 Å². The highest BCUT2D eigenvalue weighted by Gasteiger charge is 2.22. The van der Waals surface area contributed by atoms with Gasteiger partial charge in [0.25, 0.3) is 0 Å². The highest BCUT2D eigenvalue weighted by atomic mass is 32.1. The minimum Gasteiger partial charge on any atom is -0.328 e. The summed E-state index contributed by atoms with van der Waals surface area (Å²) in [6.07, 6.45) is 2.27. The molecule has 19 heavy (non-hydrogen) atoms. The maximum atomic E-state index is 13.8. The van der Waals surface area contributed by atoms with Gasteiger partial charge in [-0.2, -0.15) is 0 Å². The third kappa shape index (κ3) is 2.21. The molecule has 1 atom stereocenters. The second-order valence-electron chi connectivity index (χ2n) is 5.12. The Labute approximate surface area is 117 Å². The molecule has 1 saturated heterocycles. The molecule has 1 fully saturated rings. The zero-order valence-corrected chi connectivity index (χ0v) is 11.8. The van der Waals surface area contributed by atoms with Crippen molar-refractivity contribution in [3.05, 3.63) is 28.8 Å². The molecule has 0 radical (unpaired) electrons. The van der Waals surface area contributed by atoms with Crippen molar-refractivity contribution in [1.29, 1.82) is 0 Å². The van der Waals surface area contributed by atoms with E-state index in [1.807, 2.05) is 6.07 Å². The molecule has 3 rings (SSSR count). The van der Waals surface area contributed by atoms with E-state index >= 15 is 0 Å². The van der Waals surface area contributed by atoms with Crippen molar-refractivity contribution in [2.24, 2.45) is 0 Å². The largest absolute Gasteiger partial charge is 0.328 e. The maximum absolute atomic E-state index is 13.8. The number of aromatic nitrogens is 2. The maximum Gasteiger partial charge on any atom is 0.178 e. The van der Waals surface area contributed by atoms with Gasteiger partial charge in [-0.15, -0.1) is 0 Å². The molecule has 1 unspecified atom stereocenters. The zero-order chi connectivity index (χ0) is 13.4. The predicted octanol–water partition coefficient (Wildman–Crippen LogP) is 3.49. The van der Waals surface area contributed by atoms with Gasteiger partial charge in [0.15, 0.2) is 4.77 Å². The second kappa shape index (κ2) is 5.06. The van der Waals surface area contributed by atoms with E-state index in [-0.39, 0.29) is 5.82 Å². The molecule has 0 amide bonds. The third-order valence-corrected chi connectivity index (χ3v) is 4.29. The number of piperidine rings is 1. The number of imidazole rings is 1. The topological polar surface area (TPSA) is 24.0 Å². The standard InChI is InChI=1S/C14H18FN3S/c1-2-17-8-4-5-10(9-17)18-12-7-3-6-11(15)13(12)16-14(18)19/h3,6-7,10H,2,4-5,8-9H2,1H3,(H,16,19). The van der Waals surface area contributed by atoms with Crippen molar-refractivity contribution in [1.82, 2.24) is 14.5 Å². The molecule has 1 aliphatic rings. The first kappa shape index (κ1) is 12.8. The van der Waals surface area contributed by atoms with Gasteiger partial charge in [-0.1, -0.05) is 13.0 Å². The Bertz CT molecular complexity index is 646. The molecule has 0 spiro atoms. The van der Waals surface area contributed by atoms with Crippen molar-refractivity contribution < 1.29 is 4.39 Å². The number of halogens is 1. The average molecular weight is 279 g/mol. The van der Waals surface area contributed by atoms with E-state index < -0.39 is 0 Å². The van der Waals surface area contributed by atoms with E-state index in [0.717, 1.165) is 31.6 Å². The predicted molar refractivity (Wildman–Crippen MR) is 77.5 cm³/mol. The normalized spacial score (nSPS) is 21.1. The van der Waals surface area contributed by atoms with E-state index in [0.29, 0.717) is 16.3 Å². The summed E-state index contributed by atoms with van der Waals surface area (Å²) in [5, 5.41) is 0. The first-order valence-corrected chi connectivity index (χ1v) is 7.22. The average Bonchev–Trinajstić information content (AvgIpc) is 2.77. The molecular formula is C14H18FN3S. The lowest BCUT2D eigenvalue weighted by Crippen LogP contribution is -2.36. The van der Waals surface area contributed by atoms with Gasteiger partial charge in [-0.25, -0.2) is 4.39 Å². The molecule has 102 valence electrons. The summed E-state index contributed by atoms with van der Waals surface area (Å²) in [5.74, 6) is -0.231. The summed E-state index contributed by atoms with van der Waals surface area (Å²) < 4.78 is 16.5. The number of aromatic amines is 1. The van der Waals surface area contributed by atoms with Crippen LogP contribution in [0.25, 0.3) is 11.0 Å². The van der Waals surface area contributed by atoms with Crippen molar-refractivity contribution in [2.45, 2.75) is 25.8 Å². The molecule has 1 N–H and O–H groups in total. The molecule has 1 aliphatic heterocycles. The Hall–Kier alpha value is -1.20. The second-order valence-corrected chi connectivity index (χ2v) is 5.51. The molecule has 2 aromatic rings. The van der Waals surface area contributed by atoms with Gasteiger partial charge >= 0.3 is 0 Å². The van der Waals surface area contributed by atoms with Crippen molar-refractivity contribution >= 4 is 23.3 Å². The number of nitrogens with one attached hydrogen (secondary N) is 1. The van der Waals surface area contributed by atoms with E-state index in [1.165, 1.54) is 12.5 Å². The van der Waals surface area contributed by atoms with Crippen LogP contribution in [0, 0.1) is 10.6 Å². The van der Waals surface area contributed by atoms with Crippen molar-refractivity contribution in [2.75, 3.05) is 19.6 Å². The summed E-state index contributed by atoms with van der Waals surface area (Å²) in [7, 11) is 0. The van der Waals surface area contributed by atoms with Gasteiger partial charge in [-0.3, -0.25) is 0 Å². The molecule has 0 aliphatic carbocycles. The number of nitrogens with zero attached hydrogens (tertiary/aromatic N) is 2. The minimum absolute atomic E-state index is 0.231. The molecule has 5 heteroatoms. The van der Waals surface area contributed by atoms with Gasteiger partial charge in [0, 0.05) is 12.6 Å². The van der Waals surface area contributed by atoms with Gasteiger partial charge in [0.1, 0.15) is 11.3 Å². The lowest BCUT2D eigenvalue weighted by Gasteiger charge is -2.32. The number of fused-ring (bicyclic) bond motifs is 1. The first-order valence-electron chi connectivity index (χ1n) is 6.81. The van der Waals surface area contributed by atoms with Crippen LogP contribution in [0.5, 0.6) is 0 Å². The Morgan fingerprint density at radius 1 is 1.47 bits per heavy atom. The third-order valence-electron chi connectivity index (χ3n) is 3.99. The molecule has 1 aromatic carbocycles. The number of hydrogen-bond donors (Lipinski definition) is 1. The number of rotatable bonds is 2. The summed E-state index contributed by atoms with van der Waals surface area (Å²) >= 11 is 5.39. The Morgan fingerprint density at radius 2 is 2.32 bits per heavy atom. The van der Waals surface area contributed by atoms with Crippen LogP contribution < -0.4 is 0 Å². The number of benzene rings is 1. The van der Waals surface area contributed by atoms with E-state index in [1.54, 1.807) is 6.07 Å². The van der Waals surface area contributed by atoms with Gasteiger partial charge in [-0.05, 0) is 50.3 Å². The highest BCUT2D eigenvalue weighted by molar-refractivity contribution is 7.71. The fourth-order valence-corrected chi connectivity index (χ4v) is 3.35. The van der Waals surface area contributed by atoms with Gasteiger partial charge < -0.3 is 14.5 Å². The number of hydrogen-bond acceptors (Lipinski definition) is 2. The SMILES string of the molecule is CCN1CCCC(n2c(=S)[nH]c3c(F)cccc32)C1. The summed E-state index contributed by atoms with van der Waals surface area (Å²) in [6.45, 7) is 5.38. The smallest absolute Gasteiger partial charge is 0.178 e. The Balaban J connectivity index is 2.07. The molecule has 1 aromatic heterocycles. The zero-order valence-electron chi connectivity index (χ0n) is 11.0. The molecule has 2 heterocycles. The lowest BCUT2D eigenvalue weighted by molar-refractivity contribution is 0.187.